The molecular formula is C13H8BrCl3N2O2. The van der Waals surface area contributed by atoms with E-state index in [1.807, 2.05) is 0 Å². The van der Waals surface area contributed by atoms with Crippen LogP contribution in [0.25, 0.3) is 0 Å². The summed E-state index contributed by atoms with van der Waals surface area (Å²) in [5, 5.41) is 15.1. The molecule has 21 heavy (non-hydrogen) atoms. The molecule has 0 aliphatic heterocycles. The highest BCUT2D eigenvalue weighted by molar-refractivity contribution is 9.10. The summed E-state index contributed by atoms with van der Waals surface area (Å²) in [6.07, 6.45) is 0. The molecule has 0 heterocycles. The second kappa shape index (κ2) is 6.83. The van der Waals surface area contributed by atoms with Gasteiger partial charge in [-0.15, -0.1) is 0 Å². The van der Waals surface area contributed by atoms with Crippen LogP contribution in [0, 0.1) is 10.1 Å². The minimum atomic E-state index is -0.444. The molecule has 0 aliphatic rings. The maximum absolute atomic E-state index is 10.8. The molecule has 2 rings (SSSR count). The number of anilines is 1. The number of non-ortho nitro benzene ring substituents is 1. The number of hydrogen-bond donors (Lipinski definition) is 1. The number of halogens is 4. The average Bonchev–Trinajstić information content (AvgIpc) is 2.40. The van der Waals surface area contributed by atoms with Crippen molar-refractivity contribution in [2.75, 3.05) is 5.32 Å². The summed E-state index contributed by atoms with van der Waals surface area (Å²) in [5.41, 5.74) is 1.35. The highest BCUT2D eigenvalue weighted by Gasteiger charge is 2.10. The van der Waals surface area contributed by atoms with Crippen LogP contribution in [0.3, 0.4) is 0 Å². The molecule has 0 amide bonds. The first-order valence-corrected chi connectivity index (χ1v) is 7.62. The number of nitrogens with zero attached hydrogens (tertiary/aromatic N) is 1. The van der Waals surface area contributed by atoms with E-state index in [0.29, 0.717) is 31.8 Å². The normalized spacial score (nSPS) is 10.5. The van der Waals surface area contributed by atoms with Crippen molar-refractivity contribution in [2.45, 2.75) is 6.54 Å². The third kappa shape index (κ3) is 4.23. The summed E-state index contributed by atoms with van der Waals surface area (Å²) >= 11 is 21.1. The topological polar surface area (TPSA) is 55.2 Å². The molecule has 1 N–H and O–H groups in total. The van der Waals surface area contributed by atoms with Gasteiger partial charge in [-0.1, -0.05) is 50.7 Å². The molecule has 0 saturated carbocycles. The van der Waals surface area contributed by atoms with Gasteiger partial charge in [0.05, 0.1) is 25.7 Å². The predicted molar refractivity (Wildman–Crippen MR) is 89.6 cm³/mol. The first kappa shape index (κ1) is 16.4. The lowest BCUT2D eigenvalue weighted by Crippen LogP contribution is -2.01. The quantitative estimate of drug-likeness (QED) is 0.386. The molecule has 110 valence electrons. The maximum atomic E-state index is 10.8. The van der Waals surface area contributed by atoms with Crippen LogP contribution in [-0.2, 0) is 6.54 Å². The number of benzene rings is 2. The average molecular weight is 410 g/mol. The van der Waals surface area contributed by atoms with Gasteiger partial charge in [0.1, 0.15) is 0 Å². The van der Waals surface area contributed by atoms with Crippen molar-refractivity contribution in [1.29, 1.82) is 0 Å². The molecular weight excluding hydrogens is 402 g/mol. The van der Waals surface area contributed by atoms with Gasteiger partial charge in [-0.25, -0.2) is 0 Å². The van der Waals surface area contributed by atoms with Crippen molar-refractivity contribution in [3.8, 4) is 0 Å². The highest BCUT2D eigenvalue weighted by atomic mass is 79.9. The second-order valence-corrected chi connectivity index (χ2v) is 6.31. The molecule has 0 unspecified atom stereocenters. The van der Waals surface area contributed by atoms with Gasteiger partial charge in [0.15, 0.2) is 0 Å². The first-order chi connectivity index (χ1) is 9.86. The lowest BCUT2D eigenvalue weighted by atomic mass is 10.2. The van der Waals surface area contributed by atoms with Gasteiger partial charge in [0.25, 0.3) is 5.69 Å². The number of rotatable bonds is 4. The number of nitro groups is 1. The van der Waals surface area contributed by atoms with E-state index in [2.05, 4.69) is 21.2 Å². The van der Waals surface area contributed by atoms with Crippen molar-refractivity contribution in [3.05, 3.63) is 65.6 Å². The molecule has 0 bridgehead atoms. The molecule has 0 saturated heterocycles. The molecule has 0 aliphatic carbocycles. The Labute approximate surface area is 144 Å². The fraction of sp³-hybridized carbons (Fsp3) is 0.0769. The first-order valence-electron chi connectivity index (χ1n) is 5.69. The minimum Gasteiger partial charge on any atom is -0.380 e. The molecule has 0 radical (unpaired) electrons. The molecule has 2 aromatic carbocycles. The minimum absolute atomic E-state index is 0.0152. The summed E-state index contributed by atoms with van der Waals surface area (Å²) in [7, 11) is 0. The van der Waals surface area contributed by atoms with Gasteiger partial charge in [-0.2, -0.15) is 0 Å². The zero-order valence-corrected chi connectivity index (χ0v) is 14.2. The van der Waals surface area contributed by atoms with E-state index in [1.165, 1.54) is 18.2 Å². The van der Waals surface area contributed by atoms with Crippen molar-refractivity contribution in [2.24, 2.45) is 0 Å². The predicted octanol–water partition coefficient (Wildman–Crippen LogP) is 5.93. The molecule has 4 nitrogen and oxygen atoms in total. The van der Waals surface area contributed by atoms with Crippen molar-refractivity contribution in [3.63, 3.8) is 0 Å². The Bertz CT molecular complexity index is 710. The third-order valence-electron chi connectivity index (χ3n) is 2.65. The van der Waals surface area contributed by atoms with Crippen LogP contribution in [0.15, 0.2) is 34.8 Å². The number of nitrogens with one attached hydrogen (secondary N) is 1. The van der Waals surface area contributed by atoms with Gasteiger partial charge < -0.3 is 5.32 Å². The highest BCUT2D eigenvalue weighted by Crippen LogP contribution is 2.32. The van der Waals surface area contributed by atoms with Gasteiger partial charge in [0, 0.05) is 23.2 Å². The van der Waals surface area contributed by atoms with Crippen LogP contribution in [0.4, 0.5) is 11.4 Å². The summed E-state index contributed by atoms with van der Waals surface area (Å²) in [6.45, 7) is 0.359. The smallest absolute Gasteiger partial charge is 0.270 e. The lowest BCUT2D eigenvalue weighted by molar-refractivity contribution is -0.385. The van der Waals surface area contributed by atoms with Gasteiger partial charge in [-0.3, -0.25) is 10.1 Å². The fourth-order valence-corrected chi connectivity index (χ4v) is 2.84. The Hall–Kier alpha value is -1.01. The van der Waals surface area contributed by atoms with Crippen molar-refractivity contribution in [1.82, 2.24) is 0 Å². The van der Waals surface area contributed by atoms with Gasteiger partial charge in [-0.05, 0) is 23.8 Å². The molecule has 2 aromatic rings. The largest absolute Gasteiger partial charge is 0.380 e. The van der Waals surface area contributed by atoms with E-state index in [0.717, 1.165) is 5.56 Å². The summed E-state index contributed by atoms with van der Waals surface area (Å²) in [4.78, 5) is 10.4. The van der Waals surface area contributed by atoms with Crippen LogP contribution >= 0.6 is 50.7 Å². The van der Waals surface area contributed by atoms with Gasteiger partial charge >= 0.3 is 0 Å². The van der Waals surface area contributed by atoms with Crippen molar-refractivity contribution >= 4 is 62.1 Å². The van der Waals surface area contributed by atoms with E-state index in [4.69, 9.17) is 34.8 Å². The molecule has 8 heteroatoms. The van der Waals surface area contributed by atoms with E-state index < -0.39 is 4.92 Å². The Morgan fingerprint density at radius 2 is 1.71 bits per heavy atom. The van der Waals surface area contributed by atoms with Crippen molar-refractivity contribution < 1.29 is 4.92 Å². The zero-order valence-electron chi connectivity index (χ0n) is 10.4. The zero-order chi connectivity index (χ0) is 15.6. The Morgan fingerprint density at radius 1 is 1.05 bits per heavy atom. The van der Waals surface area contributed by atoms with Crippen LogP contribution in [0.5, 0.6) is 0 Å². The van der Waals surface area contributed by atoms with E-state index >= 15 is 0 Å². The van der Waals surface area contributed by atoms with Crippen LogP contribution in [0.2, 0.25) is 15.1 Å². The molecule has 0 atom stereocenters. The van der Waals surface area contributed by atoms with Crippen LogP contribution in [0.1, 0.15) is 5.56 Å². The summed E-state index contributed by atoms with van der Waals surface area (Å²) in [5.74, 6) is 0. The Balaban J connectivity index is 2.20. The standard InChI is InChI=1S/C13H8BrCl3N2O2/c14-8-1-7(2-9(3-8)19(20)21)6-18-13-5-11(16)10(15)4-12(13)17/h1-5,18H,6H2. The molecule has 0 aromatic heterocycles. The fourth-order valence-electron chi connectivity index (χ4n) is 1.70. The lowest BCUT2D eigenvalue weighted by Gasteiger charge is -2.10. The Morgan fingerprint density at radius 3 is 2.38 bits per heavy atom. The molecule has 0 fully saturated rings. The van der Waals surface area contributed by atoms with Crippen LogP contribution < -0.4 is 5.32 Å². The monoisotopic (exact) mass is 408 g/mol. The number of nitro benzene ring substituents is 1. The maximum Gasteiger partial charge on any atom is 0.270 e. The Kier molecular flexibility index (Phi) is 5.32. The SMILES string of the molecule is O=[N+]([O-])c1cc(Br)cc(CNc2cc(Cl)c(Cl)cc2Cl)c1. The van der Waals surface area contributed by atoms with E-state index in [1.54, 1.807) is 12.1 Å². The summed E-state index contributed by atoms with van der Waals surface area (Å²) in [6, 6.07) is 7.86. The number of hydrogen-bond acceptors (Lipinski definition) is 3. The third-order valence-corrected chi connectivity index (χ3v) is 4.14. The van der Waals surface area contributed by atoms with Gasteiger partial charge in [0.2, 0.25) is 0 Å². The summed E-state index contributed by atoms with van der Waals surface area (Å²) < 4.78 is 0.633. The van der Waals surface area contributed by atoms with E-state index in [-0.39, 0.29) is 5.69 Å². The van der Waals surface area contributed by atoms with E-state index in [9.17, 15) is 10.1 Å². The molecule has 0 spiro atoms. The van der Waals surface area contributed by atoms with Crippen LogP contribution in [-0.4, -0.2) is 4.92 Å². The second-order valence-electron chi connectivity index (χ2n) is 4.17.